The summed E-state index contributed by atoms with van der Waals surface area (Å²) in [5.41, 5.74) is 2.54. The van der Waals surface area contributed by atoms with Crippen LogP contribution in [0.5, 0.6) is 0 Å². The van der Waals surface area contributed by atoms with Crippen molar-refractivity contribution in [1.29, 1.82) is 0 Å². The Kier molecular flexibility index (Phi) is 6.73. The lowest BCUT2D eigenvalue weighted by Crippen LogP contribution is -2.31. The number of rotatable bonds is 6. The maximum absolute atomic E-state index is 13.9. The minimum Gasteiger partial charge on any atom is -0.368 e. The molecule has 0 saturated heterocycles. The number of fused-ring (bicyclic) bond motifs is 1. The molecule has 198 valence electrons. The van der Waals surface area contributed by atoms with Gasteiger partial charge in [0.1, 0.15) is 22.7 Å². The molecule has 0 aromatic carbocycles. The van der Waals surface area contributed by atoms with Crippen molar-refractivity contribution in [2.24, 2.45) is 5.73 Å². The lowest BCUT2D eigenvalue weighted by molar-refractivity contribution is -0.138. The van der Waals surface area contributed by atoms with Crippen LogP contribution in [-0.4, -0.2) is 56.7 Å². The fourth-order valence-corrected chi connectivity index (χ4v) is 3.46. The lowest BCUT2D eigenvalue weighted by atomic mass is 10.1. The number of alkyl halides is 6. The van der Waals surface area contributed by atoms with Crippen molar-refractivity contribution in [3.63, 3.8) is 0 Å². The minimum absolute atomic E-state index is 0.0522. The number of likely N-dealkylation sites (N-methyl/N-ethyl adjacent to an activating group) is 1. The van der Waals surface area contributed by atoms with Gasteiger partial charge < -0.3 is 15.5 Å². The number of halogens is 6. The van der Waals surface area contributed by atoms with Gasteiger partial charge in [0.25, 0.3) is 0 Å². The Hall–Kier alpha value is -4.63. The van der Waals surface area contributed by atoms with E-state index in [4.69, 9.17) is 5.73 Å². The highest BCUT2D eigenvalue weighted by molar-refractivity contribution is 5.88. The molecule has 0 radical (unpaired) electrons. The molecule has 2 N–H and O–H groups in total. The number of amides is 1. The first-order valence-electron chi connectivity index (χ1n) is 10.6. The number of carbonyl (C=O) groups is 1. The Balaban J connectivity index is 1.74. The van der Waals surface area contributed by atoms with E-state index < -0.39 is 35.1 Å². The molecule has 0 bridgehead atoms. The van der Waals surface area contributed by atoms with E-state index in [-0.39, 0.29) is 35.0 Å². The highest BCUT2D eigenvalue weighted by Crippen LogP contribution is 2.37. The normalized spacial score (nSPS) is 12.0. The predicted molar refractivity (Wildman–Crippen MR) is 123 cm³/mol. The van der Waals surface area contributed by atoms with Gasteiger partial charge in [-0.15, -0.1) is 10.2 Å². The maximum atomic E-state index is 13.9. The van der Waals surface area contributed by atoms with Gasteiger partial charge in [-0.3, -0.25) is 4.79 Å². The van der Waals surface area contributed by atoms with Gasteiger partial charge in [0, 0.05) is 26.5 Å². The second kappa shape index (κ2) is 9.68. The Bertz CT molecular complexity index is 1490. The second-order valence-electron chi connectivity index (χ2n) is 8.00. The number of nitrogens with two attached hydrogens (primary N) is 1. The summed E-state index contributed by atoms with van der Waals surface area (Å²) >= 11 is 0. The average molecular weight is 537 g/mol. The molecular weight excluding hydrogens is 520 g/mol. The van der Waals surface area contributed by atoms with Gasteiger partial charge in [-0.25, -0.2) is 19.9 Å². The van der Waals surface area contributed by atoms with Gasteiger partial charge >= 0.3 is 12.4 Å². The van der Waals surface area contributed by atoms with Gasteiger partial charge in [-0.1, -0.05) is 0 Å². The van der Waals surface area contributed by atoms with Crippen LogP contribution in [-0.2, 0) is 17.1 Å². The molecular formula is C22H17F6N9O. The van der Waals surface area contributed by atoms with Crippen LogP contribution in [0.1, 0.15) is 11.1 Å². The third-order valence-corrected chi connectivity index (χ3v) is 5.32. The SMILES string of the molecule is CN(CC(N)=O)c1cc(C(F)(F)F)c(-c2cnc3c(N(C)c4ccc(C(F)(F)F)cn4)ccnc3n2)nn1. The number of primary amides is 1. The molecule has 4 heterocycles. The largest absolute Gasteiger partial charge is 0.418 e. The van der Waals surface area contributed by atoms with Crippen LogP contribution in [0.4, 0.5) is 43.7 Å². The number of pyridine rings is 2. The van der Waals surface area contributed by atoms with Crippen molar-refractivity contribution < 1.29 is 31.1 Å². The van der Waals surface area contributed by atoms with Crippen LogP contribution in [0.3, 0.4) is 0 Å². The third-order valence-electron chi connectivity index (χ3n) is 5.32. The van der Waals surface area contributed by atoms with E-state index in [9.17, 15) is 31.1 Å². The van der Waals surface area contributed by atoms with Crippen molar-refractivity contribution in [3.8, 4) is 11.4 Å². The Morgan fingerprint density at radius 1 is 0.921 bits per heavy atom. The third kappa shape index (κ3) is 5.37. The summed E-state index contributed by atoms with van der Waals surface area (Å²) in [4.78, 5) is 29.9. The van der Waals surface area contributed by atoms with Crippen LogP contribution in [0, 0.1) is 0 Å². The number of carbonyl (C=O) groups excluding carboxylic acids is 1. The zero-order valence-electron chi connectivity index (χ0n) is 19.6. The fraction of sp³-hybridized carbons (Fsp3) is 0.227. The summed E-state index contributed by atoms with van der Waals surface area (Å²) < 4.78 is 80.3. The van der Waals surface area contributed by atoms with Crippen molar-refractivity contribution in [2.45, 2.75) is 12.4 Å². The first-order chi connectivity index (χ1) is 17.8. The molecule has 10 nitrogen and oxygen atoms in total. The molecule has 0 fully saturated rings. The highest BCUT2D eigenvalue weighted by Gasteiger charge is 2.36. The Morgan fingerprint density at radius 2 is 1.66 bits per heavy atom. The number of anilines is 3. The molecule has 0 saturated carbocycles. The van der Waals surface area contributed by atoms with Gasteiger partial charge in [0.15, 0.2) is 11.5 Å². The van der Waals surface area contributed by atoms with Gasteiger partial charge in [0.05, 0.1) is 29.6 Å². The zero-order chi connectivity index (χ0) is 27.8. The monoisotopic (exact) mass is 537 g/mol. The van der Waals surface area contributed by atoms with E-state index >= 15 is 0 Å². The average Bonchev–Trinajstić information content (AvgIpc) is 2.86. The quantitative estimate of drug-likeness (QED) is 0.367. The molecule has 0 unspecified atom stereocenters. The first-order valence-corrected chi connectivity index (χ1v) is 10.6. The van der Waals surface area contributed by atoms with Gasteiger partial charge in [0.2, 0.25) is 5.91 Å². The van der Waals surface area contributed by atoms with E-state index in [0.29, 0.717) is 18.0 Å². The van der Waals surface area contributed by atoms with E-state index in [0.717, 1.165) is 17.2 Å². The Labute approximate surface area is 210 Å². The summed E-state index contributed by atoms with van der Waals surface area (Å²) in [7, 11) is 2.85. The van der Waals surface area contributed by atoms with E-state index in [1.165, 1.54) is 37.3 Å². The van der Waals surface area contributed by atoms with E-state index in [1.54, 1.807) is 0 Å². The van der Waals surface area contributed by atoms with Gasteiger partial charge in [-0.2, -0.15) is 26.3 Å². The molecule has 4 aromatic heterocycles. The molecule has 16 heteroatoms. The number of hydrogen-bond acceptors (Lipinski definition) is 9. The summed E-state index contributed by atoms with van der Waals surface area (Å²) in [5, 5.41) is 7.43. The summed E-state index contributed by atoms with van der Waals surface area (Å²) in [6.07, 6.45) is -6.36. The second-order valence-corrected chi connectivity index (χ2v) is 8.00. The topological polar surface area (TPSA) is 127 Å². The molecule has 1 amide bonds. The van der Waals surface area contributed by atoms with Gasteiger partial charge in [-0.05, 0) is 24.3 Å². The van der Waals surface area contributed by atoms with Crippen molar-refractivity contribution in [3.05, 3.63) is 54.0 Å². The minimum atomic E-state index is -4.85. The predicted octanol–water partition coefficient (Wildman–Crippen LogP) is 3.60. The molecule has 38 heavy (non-hydrogen) atoms. The van der Waals surface area contributed by atoms with Crippen LogP contribution in [0.2, 0.25) is 0 Å². The number of hydrogen-bond donors (Lipinski definition) is 1. The molecule has 0 aliphatic heterocycles. The summed E-state index contributed by atoms with van der Waals surface area (Å²) in [6.45, 7) is -0.380. The standard InChI is InChI=1S/C22H17F6N9O/c1-36(10-15(29)38)17-7-12(22(26,27)28)18(35-34-17)13-9-32-19-14(5-6-30-20(19)33-13)37(2)16-4-3-11(8-31-16)21(23,24)25/h3-9H,10H2,1-2H3,(H2,29,38). The first kappa shape index (κ1) is 26.4. The molecule has 0 aliphatic carbocycles. The highest BCUT2D eigenvalue weighted by atomic mass is 19.4. The van der Waals surface area contributed by atoms with Crippen LogP contribution < -0.4 is 15.5 Å². The number of nitrogens with zero attached hydrogens (tertiary/aromatic N) is 8. The lowest BCUT2D eigenvalue weighted by Gasteiger charge is -2.20. The summed E-state index contributed by atoms with van der Waals surface area (Å²) in [5.74, 6) is -0.859. The molecule has 0 atom stereocenters. The van der Waals surface area contributed by atoms with Crippen molar-refractivity contribution >= 4 is 34.4 Å². The van der Waals surface area contributed by atoms with Crippen LogP contribution >= 0.6 is 0 Å². The fourth-order valence-electron chi connectivity index (χ4n) is 3.46. The van der Waals surface area contributed by atoms with Crippen molar-refractivity contribution in [2.75, 3.05) is 30.4 Å². The van der Waals surface area contributed by atoms with Crippen molar-refractivity contribution in [1.82, 2.24) is 30.1 Å². The summed E-state index contributed by atoms with van der Waals surface area (Å²) in [6, 6.07) is 4.25. The Morgan fingerprint density at radius 3 is 2.26 bits per heavy atom. The number of aromatic nitrogens is 6. The van der Waals surface area contributed by atoms with Crippen LogP contribution in [0.25, 0.3) is 22.6 Å². The molecule has 0 aliphatic rings. The van der Waals surface area contributed by atoms with E-state index in [1.807, 2.05) is 0 Å². The smallest absolute Gasteiger partial charge is 0.368 e. The zero-order valence-corrected chi connectivity index (χ0v) is 19.6. The molecule has 4 rings (SSSR count). The molecule has 4 aromatic rings. The van der Waals surface area contributed by atoms with E-state index in [2.05, 4.69) is 30.1 Å². The molecule has 0 spiro atoms. The van der Waals surface area contributed by atoms with Crippen LogP contribution in [0.15, 0.2) is 42.9 Å². The maximum Gasteiger partial charge on any atom is 0.418 e.